The zero-order chi connectivity index (χ0) is 15.4. The summed E-state index contributed by atoms with van der Waals surface area (Å²) in [7, 11) is 1.83. The molecule has 0 aliphatic carbocycles. The second-order valence-electron chi connectivity index (χ2n) is 4.92. The summed E-state index contributed by atoms with van der Waals surface area (Å²) in [5.41, 5.74) is 12.7. The fourth-order valence-electron chi connectivity index (χ4n) is 2.11. The van der Waals surface area contributed by atoms with E-state index < -0.39 is 5.91 Å². The van der Waals surface area contributed by atoms with Gasteiger partial charge in [0, 0.05) is 24.8 Å². The quantitative estimate of drug-likeness (QED) is 0.839. The molecule has 1 amide bonds. The average Bonchev–Trinajstić information content (AvgIpc) is 2.90. The van der Waals surface area contributed by atoms with Crippen molar-refractivity contribution in [2.45, 2.75) is 25.5 Å². The zero-order valence-corrected chi connectivity index (χ0v) is 12.2. The molecular weight excluding hydrogens is 268 g/mol. The molecule has 1 heterocycles. The predicted molar refractivity (Wildman–Crippen MR) is 79.8 cm³/mol. The van der Waals surface area contributed by atoms with Crippen molar-refractivity contribution in [1.29, 1.82) is 0 Å². The standard InChI is InChI=1S/C15H20N4O2/c1-3-12(16)14(10-8-18-19(2)9-10)21-13-7-5-4-6-11(13)15(17)20/h4-9,12,14H,3,16H2,1-2H3,(H2,17,20). The molecule has 2 atom stereocenters. The van der Waals surface area contributed by atoms with Crippen LogP contribution in [0.15, 0.2) is 36.7 Å². The molecule has 2 aromatic rings. The first-order valence-electron chi connectivity index (χ1n) is 6.82. The Hall–Kier alpha value is -2.34. The maximum Gasteiger partial charge on any atom is 0.252 e. The number of para-hydroxylation sites is 1. The van der Waals surface area contributed by atoms with E-state index in [1.807, 2.05) is 20.2 Å². The van der Waals surface area contributed by atoms with Gasteiger partial charge in [0.15, 0.2) is 0 Å². The second kappa shape index (κ2) is 6.41. The van der Waals surface area contributed by atoms with Crippen LogP contribution >= 0.6 is 0 Å². The number of ether oxygens (including phenoxy) is 1. The summed E-state index contributed by atoms with van der Waals surface area (Å²) in [4.78, 5) is 11.5. The summed E-state index contributed by atoms with van der Waals surface area (Å²) in [6.07, 6.45) is 3.92. The Morgan fingerprint density at radius 1 is 1.43 bits per heavy atom. The molecule has 0 saturated carbocycles. The molecule has 0 bridgehead atoms. The molecule has 2 unspecified atom stereocenters. The lowest BCUT2D eigenvalue weighted by Gasteiger charge is -2.24. The maximum atomic E-state index is 11.5. The molecule has 0 radical (unpaired) electrons. The smallest absolute Gasteiger partial charge is 0.252 e. The lowest BCUT2D eigenvalue weighted by Crippen LogP contribution is -2.31. The fourth-order valence-corrected chi connectivity index (χ4v) is 2.11. The van der Waals surface area contributed by atoms with Crippen molar-refractivity contribution < 1.29 is 9.53 Å². The predicted octanol–water partition coefficient (Wildman–Crippen LogP) is 1.38. The molecule has 6 heteroatoms. The highest BCUT2D eigenvalue weighted by Crippen LogP contribution is 2.27. The van der Waals surface area contributed by atoms with E-state index in [0.29, 0.717) is 11.3 Å². The lowest BCUT2D eigenvalue weighted by atomic mass is 10.0. The first-order valence-corrected chi connectivity index (χ1v) is 6.82. The third kappa shape index (κ3) is 3.41. The summed E-state index contributed by atoms with van der Waals surface area (Å²) in [6, 6.07) is 6.67. The van der Waals surface area contributed by atoms with Crippen LogP contribution in [0, 0.1) is 0 Å². The number of rotatable bonds is 6. The van der Waals surface area contributed by atoms with E-state index in [1.54, 1.807) is 35.1 Å². The minimum Gasteiger partial charge on any atom is -0.483 e. The summed E-state index contributed by atoms with van der Waals surface area (Å²) < 4.78 is 7.67. The number of carbonyl (C=O) groups excluding carboxylic acids is 1. The van der Waals surface area contributed by atoms with Crippen LogP contribution in [0.1, 0.15) is 35.4 Å². The summed E-state index contributed by atoms with van der Waals surface area (Å²) in [6.45, 7) is 1.98. The van der Waals surface area contributed by atoms with Crippen LogP contribution in [0.25, 0.3) is 0 Å². The molecule has 0 spiro atoms. The Kier molecular flexibility index (Phi) is 4.59. The number of hydrogen-bond donors (Lipinski definition) is 2. The number of amides is 1. The van der Waals surface area contributed by atoms with Gasteiger partial charge in [-0.05, 0) is 18.6 Å². The minimum atomic E-state index is -0.527. The molecule has 21 heavy (non-hydrogen) atoms. The zero-order valence-electron chi connectivity index (χ0n) is 12.2. The number of carbonyl (C=O) groups is 1. The Bertz CT molecular complexity index is 624. The highest BCUT2D eigenvalue weighted by Gasteiger charge is 2.23. The number of hydrogen-bond acceptors (Lipinski definition) is 4. The van der Waals surface area contributed by atoms with Crippen LogP contribution in [-0.4, -0.2) is 21.7 Å². The Morgan fingerprint density at radius 2 is 2.14 bits per heavy atom. The molecule has 0 fully saturated rings. The van der Waals surface area contributed by atoms with E-state index in [2.05, 4.69) is 5.10 Å². The molecule has 0 aliphatic heterocycles. The molecule has 2 rings (SSSR count). The van der Waals surface area contributed by atoms with Crippen LogP contribution in [0.4, 0.5) is 0 Å². The minimum absolute atomic E-state index is 0.213. The molecule has 112 valence electrons. The van der Waals surface area contributed by atoms with Crippen molar-refractivity contribution in [1.82, 2.24) is 9.78 Å². The molecule has 0 saturated heterocycles. The number of nitrogens with two attached hydrogens (primary N) is 2. The third-order valence-corrected chi connectivity index (χ3v) is 3.32. The molecule has 0 aliphatic rings. The summed E-state index contributed by atoms with van der Waals surface area (Å²) >= 11 is 0. The lowest BCUT2D eigenvalue weighted by molar-refractivity contribution is 0.0989. The summed E-state index contributed by atoms with van der Waals surface area (Å²) in [5.74, 6) is -0.0941. The van der Waals surface area contributed by atoms with Gasteiger partial charge in [0.25, 0.3) is 5.91 Å². The van der Waals surface area contributed by atoms with E-state index in [1.165, 1.54) is 0 Å². The van der Waals surface area contributed by atoms with Gasteiger partial charge in [-0.2, -0.15) is 5.10 Å². The molecule has 1 aromatic heterocycles. The van der Waals surface area contributed by atoms with Gasteiger partial charge in [0.2, 0.25) is 0 Å². The fraction of sp³-hybridized carbons (Fsp3) is 0.333. The van der Waals surface area contributed by atoms with Crippen LogP contribution in [0.5, 0.6) is 5.75 Å². The van der Waals surface area contributed by atoms with Gasteiger partial charge < -0.3 is 16.2 Å². The number of benzene rings is 1. The average molecular weight is 288 g/mol. The highest BCUT2D eigenvalue weighted by atomic mass is 16.5. The second-order valence-corrected chi connectivity index (χ2v) is 4.92. The molecular formula is C15H20N4O2. The Labute approximate surface area is 123 Å². The summed E-state index contributed by atoms with van der Waals surface area (Å²) in [5, 5.41) is 4.14. The van der Waals surface area contributed by atoms with Crippen LogP contribution in [-0.2, 0) is 7.05 Å². The highest BCUT2D eigenvalue weighted by molar-refractivity contribution is 5.95. The van der Waals surface area contributed by atoms with Gasteiger partial charge in [0.1, 0.15) is 11.9 Å². The van der Waals surface area contributed by atoms with Crippen LogP contribution in [0.3, 0.4) is 0 Å². The van der Waals surface area contributed by atoms with Gasteiger partial charge >= 0.3 is 0 Å². The van der Waals surface area contributed by atoms with Gasteiger partial charge in [-0.1, -0.05) is 19.1 Å². The molecule has 4 N–H and O–H groups in total. The molecule has 1 aromatic carbocycles. The van der Waals surface area contributed by atoms with E-state index in [-0.39, 0.29) is 12.1 Å². The van der Waals surface area contributed by atoms with Gasteiger partial charge in [-0.25, -0.2) is 0 Å². The van der Waals surface area contributed by atoms with E-state index >= 15 is 0 Å². The van der Waals surface area contributed by atoms with Gasteiger partial charge in [-0.3, -0.25) is 9.48 Å². The Balaban J connectivity index is 2.34. The van der Waals surface area contributed by atoms with Crippen molar-refractivity contribution in [2.75, 3.05) is 0 Å². The van der Waals surface area contributed by atoms with E-state index in [9.17, 15) is 4.79 Å². The van der Waals surface area contributed by atoms with E-state index in [4.69, 9.17) is 16.2 Å². The third-order valence-electron chi connectivity index (χ3n) is 3.32. The Morgan fingerprint density at radius 3 is 2.71 bits per heavy atom. The monoisotopic (exact) mass is 288 g/mol. The van der Waals surface area contributed by atoms with E-state index in [0.717, 1.165) is 12.0 Å². The first-order chi connectivity index (χ1) is 10.0. The van der Waals surface area contributed by atoms with Gasteiger partial charge in [-0.15, -0.1) is 0 Å². The van der Waals surface area contributed by atoms with Crippen molar-refractivity contribution in [2.24, 2.45) is 18.5 Å². The van der Waals surface area contributed by atoms with Crippen molar-refractivity contribution in [3.63, 3.8) is 0 Å². The number of primary amides is 1. The van der Waals surface area contributed by atoms with Crippen molar-refractivity contribution in [3.05, 3.63) is 47.8 Å². The van der Waals surface area contributed by atoms with Crippen molar-refractivity contribution in [3.8, 4) is 5.75 Å². The topological polar surface area (TPSA) is 96.2 Å². The first kappa shape index (κ1) is 15.1. The number of aryl methyl sites for hydroxylation is 1. The van der Waals surface area contributed by atoms with Crippen LogP contribution < -0.4 is 16.2 Å². The SMILES string of the molecule is CCC(N)C(Oc1ccccc1C(N)=O)c1cnn(C)c1. The normalized spacial score (nSPS) is 13.7. The van der Waals surface area contributed by atoms with Crippen LogP contribution in [0.2, 0.25) is 0 Å². The number of nitrogens with zero attached hydrogens (tertiary/aromatic N) is 2. The van der Waals surface area contributed by atoms with Crippen molar-refractivity contribution >= 4 is 5.91 Å². The van der Waals surface area contributed by atoms with Gasteiger partial charge in [0.05, 0.1) is 11.8 Å². The number of aromatic nitrogens is 2. The molecule has 6 nitrogen and oxygen atoms in total. The maximum absolute atomic E-state index is 11.5. The largest absolute Gasteiger partial charge is 0.483 e.